The number of β-lactam (4-membered cyclic amide) rings is 1. The average molecular weight is 499 g/mol. The minimum Gasteiger partial charge on any atom is -0.448 e. The highest BCUT2D eigenvalue weighted by atomic mass is 32.2. The Kier molecular flexibility index (Phi) is 6.14. The third-order valence-corrected chi connectivity index (χ3v) is 7.11. The lowest BCUT2D eigenvalue weighted by atomic mass is 10.0. The molecule has 1 fully saturated rings. The van der Waals surface area contributed by atoms with Crippen LogP contribution >= 0.6 is 11.8 Å². The van der Waals surface area contributed by atoms with Gasteiger partial charge in [0.15, 0.2) is 17.6 Å². The molecule has 7 nitrogen and oxygen atoms in total. The number of ether oxygens (including phenoxy) is 1. The van der Waals surface area contributed by atoms with Crippen LogP contribution in [0.15, 0.2) is 72.1 Å². The van der Waals surface area contributed by atoms with Crippen LogP contribution in [0.2, 0.25) is 0 Å². The van der Waals surface area contributed by atoms with E-state index in [4.69, 9.17) is 4.74 Å². The average Bonchev–Trinajstić information content (AvgIpc) is 2.77. The molecule has 4 rings (SSSR count). The van der Waals surface area contributed by atoms with Gasteiger partial charge >= 0.3 is 21.6 Å². The number of halogens is 3. The molecule has 0 N–H and O–H groups in total. The molecule has 0 saturated carbocycles. The van der Waals surface area contributed by atoms with Crippen molar-refractivity contribution in [3.63, 3.8) is 0 Å². The van der Waals surface area contributed by atoms with E-state index in [1.165, 1.54) is 0 Å². The molecular weight excluding hydrogens is 483 g/mol. The number of hydrogen-bond donors (Lipinski definition) is 0. The largest absolute Gasteiger partial charge is 0.534 e. The number of fused-ring (bicyclic) bond motifs is 1. The predicted molar refractivity (Wildman–Crippen MR) is 112 cm³/mol. The Hall–Kier alpha value is -2.99. The minimum absolute atomic E-state index is 0.0571. The smallest absolute Gasteiger partial charge is 0.448 e. The summed E-state index contributed by atoms with van der Waals surface area (Å²) in [6.07, 6.45) is -0.904. The monoisotopic (exact) mass is 499 g/mol. The van der Waals surface area contributed by atoms with Crippen molar-refractivity contribution in [2.24, 2.45) is 0 Å². The Bertz CT molecular complexity index is 1160. The third-order valence-electron chi connectivity index (χ3n) is 4.93. The maximum atomic E-state index is 13.2. The van der Waals surface area contributed by atoms with Crippen LogP contribution in [0, 0.1) is 0 Å². The van der Waals surface area contributed by atoms with Gasteiger partial charge in [0.2, 0.25) is 5.91 Å². The molecule has 2 aromatic rings. The molecule has 0 unspecified atom stereocenters. The standard InChI is InChI=1S/C21H16F3NO6S2/c22-21(23,24)33(28,29)31-15-12-32-17-11-16(26)25(17)18(15)20(27)30-19(13-7-3-1-4-8-13)14-9-5-2-6-10-14/h1-10,17,19H,11-12H2/t17-/m1/s1. The van der Waals surface area contributed by atoms with Gasteiger partial charge in [-0.2, -0.15) is 21.6 Å². The van der Waals surface area contributed by atoms with Crippen LogP contribution in [0.1, 0.15) is 23.7 Å². The van der Waals surface area contributed by atoms with Gasteiger partial charge < -0.3 is 8.92 Å². The number of carbonyl (C=O) groups is 2. The summed E-state index contributed by atoms with van der Waals surface area (Å²) in [5.41, 5.74) is -5.20. The number of nitrogens with zero attached hydrogens (tertiary/aromatic N) is 1. The zero-order chi connectivity index (χ0) is 23.8. The molecule has 12 heteroatoms. The van der Waals surface area contributed by atoms with Gasteiger partial charge in [0, 0.05) is 0 Å². The summed E-state index contributed by atoms with van der Waals surface area (Å²) in [6.45, 7) is 0. The highest BCUT2D eigenvalue weighted by molar-refractivity contribution is 8.00. The second-order valence-electron chi connectivity index (χ2n) is 7.10. The zero-order valence-electron chi connectivity index (χ0n) is 16.7. The Balaban J connectivity index is 1.73. The summed E-state index contributed by atoms with van der Waals surface area (Å²) < 4.78 is 71.8. The van der Waals surface area contributed by atoms with Gasteiger partial charge in [-0.1, -0.05) is 60.7 Å². The SMILES string of the molecule is O=C(OC(c1ccccc1)c1ccccc1)C1=C(OS(=O)(=O)C(F)(F)F)CS[C@@H]2CC(=O)N12. The van der Waals surface area contributed by atoms with Gasteiger partial charge in [-0.25, -0.2) is 4.79 Å². The zero-order valence-corrected chi connectivity index (χ0v) is 18.3. The molecule has 0 spiro atoms. The van der Waals surface area contributed by atoms with Gasteiger partial charge in [0.25, 0.3) is 0 Å². The topological polar surface area (TPSA) is 90.0 Å². The van der Waals surface area contributed by atoms with Gasteiger partial charge in [-0.05, 0) is 11.1 Å². The number of alkyl halides is 3. The molecule has 2 aliphatic heterocycles. The molecule has 0 radical (unpaired) electrons. The van der Waals surface area contributed by atoms with Crippen molar-refractivity contribution < 1.29 is 40.1 Å². The van der Waals surface area contributed by atoms with Crippen molar-refractivity contribution in [1.29, 1.82) is 0 Å². The van der Waals surface area contributed by atoms with Crippen molar-refractivity contribution in [1.82, 2.24) is 4.90 Å². The van der Waals surface area contributed by atoms with Crippen molar-refractivity contribution in [3.8, 4) is 0 Å². The summed E-state index contributed by atoms with van der Waals surface area (Å²) in [5, 5.41) is -0.520. The van der Waals surface area contributed by atoms with Crippen LogP contribution in [0.25, 0.3) is 0 Å². The molecular formula is C21H16F3NO6S2. The van der Waals surface area contributed by atoms with Crippen LogP contribution in [0.4, 0.5) is 13.2 Å². The first kappa shape index (κ1) is 23.2. The van der Waals surface area contributed by atoms with E-state index < -0.39 is 50.4 Å². The normalized spacial score (nSPS) is 18.6. The van der Waals surface area contributed by atoms with Gasteiger partial charge in [-0.3, -0.25) is 9.69 Å². The fraction of sp³-hybridized carbons (Fsp3) is 0.238. The molecule has 174 valence electrons. The lowest BCUT2D eigenvalue weighted by Gasteiger charge is -2.43. The lowest BCUT2D eigenvalue weighted by molar-refractivity contribution is -0.152. The Morgan fingerprint density at radius 1 is 1.03 bits per heavy atom. The Labute approximate surface area is 191 Å². The van der Waals surface area contributed by atoms with Crippen molar-refractivity contribution in [3.05, 3.63) is 83.2 Å². The van der Waals surface area contributed by atoms with E-state index in [0.717, 1.165) is 16.7 Å². The summed E-state index contributed by atoms with van der Waals surface area (Å²) in [5.74, 6) is -2.87. The van der Waals surface area contributed by atoms with Crippen LogP contribution in [-0.4, -0.2) is 41.8 Å². The lowest BCUT2D eigenvalue weighted by Crippen LogP contribution is -2.54. The predicted octanol–water partition coefficient (Wildman–Crippen LogP) is 3.70. The van der Waals surface area contributed by atoms with Gasteiger partial charge in [0.1, 0.15) is 0 Å². The van der Waals surface area contributed by atoms with Crippen molar-refractivity contribution in [2.45, 2.75) is 23.4 Å². The van der Waals surface area contributed by atoms with Crippen LogP contribution in [0.5, 0.6) is 0 Å². The minimum atomic E-state index is -6.05. The quantitative estimate of drug-likeness (QED) is 0.259. The maximum Gasteiger partial charge on any atom is 0.534 e. The number of esters is 1. The summed E-state index contributed by atoms with van der Waals surface area (Å²) in [7, 11) is -6.05. The molecule has 1 atom stereocenters. The first-order valence-electron chi connectivity index (χ1n) is 9.57. The van der Waals surface area contributed by atoms with Crippen LogP contribution < -0.4 is 0 Å². The highest BCUT2D eigenvalue weighted by Crippen LogP contribution is 2.42. The number of rotatable bonds is 6. The molecule has 0 aromatic heterocycles. The first-order valence-corrected chi connectivity index (χ1v) is 12.0. The number of thioether (sulfide) groups is 1. The summed E-state index contributed by atoms with van der Waals surface area (Å²) in [6, 6.07) is 17.2. The summed E-state index contributed by atoms with van der Waals surface area (Å²) >= 11 is 0.992. The molecule has 0 aliphatic carbocycles. The third kappa shape index (κ3) is 4.58. The molecule has 0 bridgehead atoms. The first-order chi connectivity index (χ1) is 15.6. The van der Waals surface area contributed by atoms with Crippen molar-refractivity contribution >= 4 is 33.8 Å². The molecule has 2 aromatic carbocycles. The fourth-order valence-electron chi connectivity index (χ4n) is 3.37. The molecule has 1 amide bonds. The van der Waals surface area contributed by atoms with E-state index in [2.05, 4.69) is 4.18 Å². The van der Waals surface area contributed by atoms with Crippen LogP contribution in [-0.2, 0) is 28.6 Å². The van der Waals surface area contributed by atoms with Gasteiger partial charge in [-0.15, -0.1) is 11.8 Å². The Morgan fingerprint density at radius 2 is 1.58 bits per heavy atom. The second kappa shape index (κ2) is 8.75. The van der Waals surface area contributed by atoms with E-state index in [1.54, 1.807) is 60.7 Å². The fourth-order valence-corrected chi connectivity index (χ4v) is 5.11. The Morgan fingerprint density at radius 3 is 2.06 bits per heavy atom. The molecule has 2 heterocycles. The van der Waals surface area contributed by atoms with E-state index in [9.17, 15) is 31.2 Å². The van der Waals surface area contributed by atoms with E-state index >= 15 is 0 Å². The number of carbonyl (C=O) groups excluding carboxylic acids is 2. The van der Waals surface area contributed by atoms with E-state index in [0.29, 0.717) is 11.1 Å². The molecule has 2 aliphatic rings. The number of hydrogen-bond acceptors (Lipinski definition) is 7. The number of benzene rings is 2. The molecule has 1 saturated heterocycles. The molecule has 33 heavy (non-hydrogen) atoms. The van der Waals surface area contributed by atoms with Crippen molar-refractivity contribution in [2.75, 3.05) is 5.75 Å². The van der Waals surface area contributed by atoms with Gasteiger partial charge in [0.05, 0.1) is 17.5 Å². The number of amides is 1. The summed E-state index contributed by atoms with van der Waals surface area (Å²) in [4.78, 5) is 26.3. The van der Waals surface area contributed by atoms with E-state index in [-0.39, 0.29) is 12.2 Å². The second-order valence-corrected chi connectivity index (χ2v) is 9.80. The van der Waals surface area contributed by atoms with Crippen LogP contribution in [0.3, 0.4) is 0 Å². The highest BCUT2D eigenvalue weighted by Gasteiger charge is 2.52. The maximum absolute atomic E-state index is 13.2. The van der Waals surface area contributed by atoms with E-state index in [1.807, 2.05) is 0 Å².